The van der Waals surface area contributed by atoms with Crippen LogP contribution in [0.3, 0.4) is 0 Å². The van der Waals surface area contributed by atoms with Gasteiger partial charge in [0.05, 0.1) is 6.04 Å². The molecule has 0 saturated carbocycles. The number of carbonyl (C=O) groups is 2. The van der Waals surface area contributed by atoms with Crippen molar-refractivity contribution in [3.63, 3.8) is 0 Å². The van der Waals surface area contributed by atoms with E-state index in [9.17, 15) is 14.0 Å². The molecule has 2 heterocycles. The van der Waals surface area contributed by atoms with Gasteiger partial charge in [0.2, 0.25) is 11.8 Å². The second-order valence-electron chi connectivity index (χ2n) is 6.26. The Labute approximate surface area is 141 Å². The number of likely N-dealkylation sites (tertiary alicyclic amines) is 1. The maximum atomic E-state index is 14.1. The van der Waals surface area contributed by atoms with E-state index in [-0.39, 0.29) is 29.6 Å². The summed E-state index contributed by atoms with van der Waals surface area (Å²) in [4.78, 5) is 26.4. The standard InChI is InChI=1S/C18H22FN3O2/c1-2-17(23)21-11-8-13(9-12-21)18(24)22-16(7-10-20-22)14-5-3-4-6-15(14)19/h3-6,10,13,16H,2,7-9,11-12H2,1H3/t16-/m0/s1. The molecule has 0 aromatic heterocycles. The maximum absolute atomic E-state index is 14.1. The van der Waals surface area contributed by atoms with Gasteiger partial charge in [0.1, 0.15) is 5.82 Å². The van der Waals surface area contributed by atoms with Crippen molar-refractivity contribution in [3.8, 4) is 0 Å². The lowest BCUT2D eigenvalue weighted by Gasteiger charge is -2.33. The summed E-state index contributed by atoms with van der Waals surface area (Å²) in [5, 5.41) is 5.62. The van der Waals surface area contributed by atoms with Gasteiger partial charge in [0.25, 0.3) is 0 Å². The Bertz CT molecular complexity index is 653. The van der Waals surface area contributed by atoms with E-state index < -0.39 is 0 Å². The molecule has 0 spiro atoms. The van der Waals surface area contributed by atoms with Crippen molar-refractivity contribution in [1.29, 1.82) is 0 Å². The molecule has 0 radical (unpaired) electrons. The number of amides is 2. The molecule has 0 unspecified atom stereocenters. The molecule has 1 aromatic carbocycles. The van der Waals surface area contributed by atoms with E-state index in [1.807, 2.05) is 11.8 Å². The topological polar surface area (TPSA) is 53.0 Å². The van der Waals surface area contributed by atoms with Crippen LogP contribution in [-0.4, -0.2) is 41.0 Å². The van der Waals surface area contributed by atoms with Crippen LogP contribution in [-0.2, 0) is 9.59 Å². The van der Waals surface area contributed by atoms with Gasteiger partial charge in [-0.25, -0.2) is 9.40 Å². The summed E-state index contributed by atoms with van der Waals surface area (Å²) in [5.74, 6) is -0.408. The zero-order valence-corrected chi connectivity index (χ0v) is 13.8. The minimum atomic E-state index is -0.367. The monoisotopic (exact) mass is 331 g/mol. The van der Waals surface area contributed by atoms with Gasteiger partial charge in [-0.05, 0) is 18.9 Å². The Balaban J connectivity index is 1.68. The van der Waals surface area contributed by atoms with Gasteiger partial charge in [-0.2, -0.15) is 5.10 Å². The van der Waals surface area contributed by atoms with Gasteiger partial charge in [-0.3, -0.25) is 9.59 Å². The van der Waals surface area contributed by atoms with Gasteiger partial charge < -0.3 is 4.90 Å². The SMILES string of the molecule is CCC(=O)N1CCC(C(=O)N2N=CC[C@H]2c2ccccc2F)CC1. The Hall–Kier alpha value is -2.24. The fourth-order valence-corrected chi connectivity index (χ4v) is 3.42. The number of piperidine rings is 1. The fourth-order valence-electron chi connectivity index (χ4n) is 3.42. The Morgan fingerprint density at radius 2 is 1.96 bits per heavy atom. The van der Waals surface area contributed by atoms with E-state index in [1.54, 1.807) is 24.4 Å². The van der Waals surface area contributed by atoms with Gasteiger partial charge in [0.15, 0.2) is 0 Å². The molecular weight excluding hydrogens is 309 g/mol. The fraction of sp³-hybridized carbons (Fsp3) is 0.500. The van der Waals surface area contributed by atoms with Crippen LogP contribution < -0.4 is 0 Å². The molecule has 1 fully saturated rings. The third-order valence-corrected chi connectivity index (χ3v) is 4.82. The van der Waals surface area contributed by atoms with E-state index in [4.69, 9.17) is 0 Å². The Kier molecular flexibility index (Phi) is 4.92. The van der Waals surface area contributed by atoms with Gasteiger partial charge in [0, 0.05) is 43.6 Å². The van der Waals surface area contributed by atoms with Crippen LogP contribution >= 0.6 is 0 Å². The number of nitrogens with zero attached hydrogens (tertiary/aromatic N) is 3. The summed E-state index contributed by atoms with van der Waals surface area (Å²) in [7, 11) is 0. The summed E-state index contributed by atoms with van der Waals surface area (Å²) < 4.78 is 14.1. The second-order valence-corrected chi connectivity index (χ2v) is 6.26. The van der Waals surface area contributed by atoms with Crippen molar-refractivity contribution in [1.82, 2.24) is 9.91 Å². The van der Waals surface area contributed by atoms with E-state index in [0.29, 0.717) is 44.3 Å². The molecule has 3 rings (SSSR count). The van der Waals surface area contributed by atoms with E-state index in [0.717, 1.165) is 0 Å². The highest BCUT2D eigenvalue weighted by Gasteiger charge is 2.36. The van der Waals surface area contributed by atoms with E-state index in [1.165, 1.54) is 11.1 Å². The summed E-state index contributed by atoms with van der Waals surface area (Å²) >= 11 is 0. The number of hydrogen-bond donors (Lipinski definition) is 0. The predicted molar refractivity (Wildman–Crippen MR) is 88.7 cm³/mol. The van der Waals surface area contributed by atoms with Crippen LogP contribution in [0.1, 0.15) is 44.2 Å². The largest absolute Gasteiger partial charge is 0.343 e. The number of rotatable bonds is 3. The molecule has 1 saturated heterocycles. The number of benzene rings is 1. The summed E-state index contributed by atoms with van der Waals surface area (Å²) in [6.45, 7) is 3.05. The predicted octanol–water partition coefficient (Wildman–Crippen LogP) is 2.73. The van der Waals surface area contributed by atoms with Crippen LogP contribution in [0.15, 0.2) is 29.4 Å². The molecule has 2 amide bonds. The summed E-state index contributed by atoms with van der Waals surface area (Å²) in [6, 6.07) is 6.16. The van der Waals surface area contributed by atoms with Crippen LogP contribution in [0.5, 0.6) is 0 Å². The minimum Gasteiger partial charge on any atom is -0.343 e. The quantitative estimate of drug-likeness (QED) is 0.855. The van der Waals surface area contributed by atoms with Gasteiger partial charge in [-0.1, -0.05) is 25.1 Å². The van der Waals surface area contributed by atoms with Crippen molar-refractivity contribution >= 4 is 18.0 Å². The lowest BCUT2D eigenvalue weighted by atomic mass is 9.94. The molecule has 24 heavy (non-hydrogen) atoms. The van der Waals surface area contributed by atoms with Crippen molar-refractivity contribution in [2.75, 3.05) is 13.1 Å². The first-order valence-corrected chi connectivity index (χ1v) is 8.49. The Morgan fingerprint density at radius 3 is 2.62 bits per heavy atom. The van der Waals surface area contributed by atoms with Crippen molar-refractivity contribution in [3.05, 3.63) is 35.6 Å². The van der Waals surface area contributed by atoms with Crippen LogP contribution in [0.4, 0.5) is 4.39 Å². The number of hydrazone groups is 1. The van der Waals surface area contributed by atoms with Gasteiger partial charge in [-0.15, -0.1) is 0 Å². The van der Waals surface area contributed by atoms with Crippen LogP contribution in [0.2, 0.25) is 0 Å². The third-order valence-electron chi connectivity index (χ3n) is 4.82. The molecule has 6 heteroatoms. The smallest absolute Gasteiger partial charge is 0.246 e. The second kappa shape index (κ2) is 7.11. The molecule has 128 valence electrons. The molecular formula is C18H22FN3O2. The first-order chi connectivity index (χ1) is 11.6. The molecule has 2 aliphatic rings. The highest BCUT2D eigenvalue weighted by atomic mass is 19.1. The number of halogens is 1. The molecule has 0 aliphatic carbocycles. The zero-order valence-electron chi connectivity index (χ0n) is 13.8. The molecule has 1 aromatic rings. The molecule has 5 nitrogen and oxygen atoms in total. The lowest BCUT2D eigenvalue weighted by Crippen LogP contribution is -2.43. The van der Waals surface area contributed by atoms with Crippen LogP contribution in [0, 0.1) is 11.7 Å². The molecule has 0 N–H and O–H groups in total. The highest BCUT2D eigenvalue weighted by molar-refractivity contribution is 5.82. The third kappa shape index (κ3) is 3.18. The summed E-state index contributed by atoms with van der Waals surface area (Å²) in [5.41, 5.74) is 0.502. The van der Waals surface area contributed by atoms with Crippen molar-refractivity contribution < 1.29 is 14.0 Å². The molecule has 1 atom stereocenters. The van der Waals surface area contributed by atoms with Crippen molar-refractivity contribution in [2.45, 2.75) is 38.6 Å². The Morgan fingerprint density at radius 1 is 1.25 bits per heavy atom. The summed E-state index contributed by atoms with van der Waals surface area (Å²) in [6.07, 6.45) is 3.97. The highest BCUT2D eigenvalue weighted by Crippen LogP contribution is 2.33. The average Bonchev–Trinajstić information content (AvgIpc) is 3.10. The zero-order chi connectivity index (χ0) is 17.1. The van der Waals surface area contributed by atoms with Gasteiger partial charge >= 0.3 is 0 Å². The maximum Gasteiger partial charge on any atom is 0.246 e. The van der Waals surface area contributed by atoms with Crippen LogP contribution in [0.25, 0.3) is 0 Å². The number of hydrogen-bond acceptors (Lipinski definition) is 3. The first kappa shape index (κ1) is 16.6. The first-order valence-electron chi connectivity index (χ1n) is 8.49. The van der Waals surface area contributed by atoms with E-state index in [2.05, 4.69) is 5.10 Å². The molecule has 2 aliphatic heterocycles. The van der Waals surface area contributed by atoms with Crippen molar-refractivity contribution in [2.24, 2.45) is 11.0 Å². The average molecular weight is 331 g/mol. The lowest BCUT2D eigenvalue weighted by molar-refractivity contribution is -0.142. The number of carbonyl (C=O) groups excluding carboxylic acids is 2. The van der Waals surface area contributed by atoms with E-state index >= 15 is 0 Å². The normalized spacial score (nSPS) is 21.3. The minimum absolute atomic E-state index is 0.0689. The molecule has 0 bridgehead atoms.